The molecule has 0 aliphatic heterocycles. The fraction of sp³-hybridized carbons (Fsp3) is 0.571. The summed E-state index contributed by atoms with van der Waals surface area (Å²) in [5.41, 5.74) is 0.532. The van der Waals surface area contributed by atoms with Gasteiger partial charge in [-0.2, -0.15) is 8.42 Å². The highest BCUT2D eigenvalue weighted by Crippen LogP contribution is 2.16. The van der Waals surface area contributed by atoms with E-state index in [4.69, 9.17) is 4.18 Å². The Kier molecular flexibility index (Phi) is 6.98. The van der Waals surface area contributed by atoms with Crippen LogP contribution in [-0.4, -0.2) is 35.7 Å². The molecule has 0 atom stereocenters. The zero-order valence-corrected chi connectivity index (χ0v) is 14.7. The Morgan fingerprint density at radius 3 is 2.36 bits per heavy atom. The molecule has 0 heterocycles. The zero-order chi connectivity index (χ0) is 16.8. The van der Waals surface area contributed by atoms with Crippen LogP contribution in [0.1, 0.15) is 26.3 Å². The molecule has 126 valence electrons. The molecule has 0 amide bonds. The van der Waals surface area contributed by atoms with Gasteiger partial charge < -0.3 is 0 Å². The Balaban J connectivity index is 2.86. The van der Waals surface area contributed by atoms with Gasteiger partial charge in [0.05, 0.1) is 17.3 Å². The SMILES string of the molecule is CCS(=O)(=O)OCCc1ccccc1S(=O)(=O)NCC(C)C. The summed E-state index contributed by atoms with van der Waals surface area (Å²) in [7, 11) is -7.14. The van der Waals surface area contributed by atoms with Crippen LogP contribution in [0, 0.1) is 5.92 Å². The van der Waals surface area contributed by atoms with Gasteiger partial charge in [-0.15, -0.1) is 0 Å². The Morgan fingerprint density at radius 1 is 1.14 bits per heavy atom. The highest BCUT2D eigenvalue weighted by molar-refractivity contribution is 7.89. The van der Waals surface area contributed by atoms with Crippen molar-refractivity contribution in [2.24, 2.45) is 5.92 Å². The molecule has 0 aliphatic carbocycles. The van der Waals surface area contributed by atoms with Gasteiger partial charge in [0.25, 0.3) is 10.1 Å². The molecular formula is C14H23NO5S2. The van der Waals surface area contributed by atoms with Gasteiger partial charge in [-0.1, -0.05) is 32.0 Å². The summed E-state index contributed by atoms with van der Waals surface area (Å²) in [5, 5.41) is 0. The van der Waals surface area contributed by atoms with E-state index in [-0.39, 0.29) is 29.6 Å². The van der Waals surface area contributed by atoms with Gasteiger partial charge in [-0.25, -0.2) is 13.1 Å². The van der Waals surface area contributed by atoms with Crippen molar-refractivity contribution in [3.05, 3.63) is 29.8 Å². The predicted molar refractivity (Wildman–Crippen MR) is 85.6 cm³/mol. The number of nitrogens with one attached hydrogen (secondary N) is 1. The molecule has 0 saturated heterocycles. The molecule has 6 nitrogen and oxygen atoms in total. The van der Waals surface area contributed by atoms with Crippen molar-refractivity contribution in [1.29, 1.82) is 0 Å². The first-order valence-corrected chi connectivity index (χ1v) is 10.2. The van der Waals surface area contributed by atoms with Gasteiger partial charge in [0.1, 0.15) is 0 Å². The zero-order valence-electron chi connectivity index (χ0n) is 13.1. The van der Waals surface area contributed by atoms with Gasteiger partial charge in [0.2, 0.25) is 10.0 Å². The molecule has 1 N–H and O–H groups in total. The molecule has 0 saturated carbocycles. The minimum Gasteiger partial charge on any atom is -0.270 e. The van der Waals surface area contributed by atoms with E-state index in [0.717, 1.165) is 0 Å². The summed E-state index contributed by atoms with van der Waals surface area (Å²) < 4.78 is 54.6. The summed E-state index contributed by atoms with van der Waals surface area (Å²) in [6, 6.07) is 6.51. The molecule has 8 heteroatoms. The van der Waals surface area contributed by atoms with E-state index in [9.17, 15) is 16.8 Å². The maximum absolute atomic E-state index is 12.3. The van der Waals surface area contributed by atoms with Crippen molar-refractivity contribution in [3.63, 3.8) is 0 Å². The second-order valence-electron chi connectivity index (χ2n) is 5.27. The van der Waals surface area contributed by atoms with Crippen LogP contribution < -0.4 is 4.72 Å². The normalized spacial score (nSPS) is 12.7. The minimum atomic E-state index is -3.61. The molecule has 1 aromatic carbocycles. The maximum atomic E-state index is 12.3. The molecule has 22 heavy (non-hydrogen) atoms. The van der Waals surface area contributed by atoms with E-state index in [1.165, 1.54) is 13.0 Å². The number of rotatable bonds is 9. The topological polar surface area (TPSA) is 89.5 Å². The number of benzene rings is 1. The van der Waals surface area contributed by atoms with Crippen molar-refractivity contribution in [2.75, 3.05) is 18.9 Å². The third-order valence-corrected chi connectivity index (χ3v) is 5.69. The molecule has 0 bridgehead atoms. The Labute approximate surface area is 133 Å². The van der Waals surface area contributed by atoms with E-state index in [0.29, 0.717) is 12.1 Å². The minimum absolute atomic E-state index is 0.0765. The molecular weight excluding hydrogens is 326 g/mol. The van der Waals surface area contributed by atoms with E-state index >= 15 is 0 Å². The van der Waals surface area contributed by atoms with Crippen molar-refractivity contribution in [2.45, 2.75) is 32.1 Å². The van der Waals surface area contributed by atoms with Crippen LogP contribution in [-0.2, 0) is 30.7 Å². The van der Waals surface area contributed by atoms with Gasteiger partial charge in [0.15, 0.2) is 0 Å². The second-order valence-corrected chi connectivity index (χ2v) is 8.94. The van der Waals surface area contributed by atoms with Crippen LogP contribution in [0.5, 0.6) is 0 Å². The lowest BCUT2D eigenvalue weighted by atomic mass is 10.2. The summed E-state index contributed by atoms with van der Waals surface area (Å²) >= 11 is 0. The molecule has 0 fully saturated rings. The summed E-state index contributed by atoms with van der Waals surface area (Å²) in [4.78, 5) is 0.160. The van der Waals surface area contributed by atoms with Crippen LogP contribution in [0.2, 0.25) is 0 Å². The Bertz CT molecular complexity index is 681. The molecule has 0 spiro atoms. The van der Waals surface area contributed by atoms with Crippen LogP contribution in [0.15, 0.2) is 29.2 Å². The fourth-order valence-corrected chi connectivity index (χ4v) is 3.67. The average Bonchev–Trinajstić information content (AvgIpc) is 2.45. The third-order valence-electron chi connectivity index (χ3n) is 2.93. The molecule has 0 aliphatic rings. The monoisotopic (exact) mass is 349 g/mol. The lowest BCUT2D eigenvalue weighted by molar-refractivity contribution is 0.322. The highest BCUT2D eigenvalue weighted by Gasteiger charge is 2.18. The molecule has 1 aromatic rings. The van der Waals surface area contributed by atoms with Crippen molar-refractivity contribution in [1.82, 2.24) is 4.72 Å². The molecule has 0 unspecified atom stereocenters. The summed E-state index contributed by atoms with van der Waals surface area (Å²) in [6.07, 6.45) is 0.206. The lowest BCUT2D eigenvalue weighted by Gasteiger charge is -2.12. The molecule has 1 rings (SSSR count). The van der Waals surface area contributed by atoms with Gasteiger partial charge in [-0.05, 0) is 30.9 Å². The predicted octanol–water partition coefficient (Wildman–Crippen LogP) is 1.53. The standard InChI is InChI=1S/C14H23NO5S2/c1-4-21(16,17)20-10-9-13-7-5-6-8-14(13)22(18,19)15-11-12(2)3/h5-8,12,15H,4,9-11H2,1-3H3. The highest BCUT2D eigenvalue weighted by atomic mass is 32.2. The van der Waals surface area contributed by atoms with Gasteiger partial charge >= 0.3 is 0 Å². The van der Waals surface area contributed by atoms with Gasteiger partial charge in [0, 0.05) is 6.54 Å². The van der Waals surface area contributed by atoms with Crippen molar-refractivity contribution < 1.29 is 21.0 Å². The summed E-state index contributed by atoms with van der Waals surface area (Å²) in [6.45, 7) is 5.59. The van der Waals surface area contributed by atoms with E-state index in [1.54, 1.807) is 18.2 Å². The third kappa shape index (κ3) is 6.04. The number of hydrogen-bond donors (Lipinski definition) is 1. The van der Waals surface area contributed by atoms with E-state index in [1.807, 2.05) is 13.8 Å². The first kappa shape index (κ1) is 19.1. The Hall–Kier alpha value is -0.960. The van der Waals surface area contributed by atoms with Crippen LogP contribution in [0.25, 0.3) is 0 Å². The number of hydrogen-bond acceptors (Lipinski definition) is 5. The molecule has 0 aromatic heterocycles. The van der Waals surface area contributed by atoms with E-state index in [2.05, 4.69) is 4.72 Å². The fourth-order valence-electron chi connectivity index (χ4n) is 1.69. The first-order chi connectivity index (χ1) is 10.2. The van der Waals surface area contributed by atoms with Crippen molar-refractivity contribution in [3.8, 4) is 0 Å². The van der Waals surface area contributed by atoms with Crippen LogP contribution >= 0.6 is 0 Å². The maximum Gasteiger partial charge on any atom is 0.267 e. The first-order valence-electron chi connectivity index (χ1n) is 7.12. The summed E-state index contributed by atoms with van der Waals surface area (Å²) in [5.74, 6) is 0.0862. The van der Waals surface area contributed by atoms with Crippen LogP contribution in [0.3, 0.4) is 0 Å². The average molecular weight is 349 g/mol. The van der Waals surface area contributed by atoms with Gasteiger partial charge in [-0.3, -0.25) is 4.18 Å². The quantitative estimate of drug-likeness (QED) is 0.683. The van der Waals surface area contributed by atoms with E-state index < -0.39 is 20.1 Å². The van der Waals surface area contributed by atoms with Crippen molar-refractivity contribution >= 4 is 20.1 Å². The van der Waals surface area contributed by atoms with Crippen LogP contribution in [0.4, 0.5) is 0 Å². The lowest BCUT2D eigenvalue weighted by Crippen LogP contribution is -2.28. The Morgan fingerprint density at radius 2 is 1.77 bits per heavy atom. The smallest absolute Gasteiger partial charge is 0.267 e. The molecule has 0 radical (unpaired) electrons. The second kappa shape index (κ2) is 8.05. The largest absolute Gasteiger partial charge is 0.270 e. The number of sulfonamides is 1.